The average molecular weight is 298 g/mol. The number of nitrogens with zero attached hydrogens (tertiary/aromatic N) is 1. The first-order valence-corrected chi connectivity index (χ1v) is 7.17. The maximum atomic E-state index is 11.8. The highest BCUT2D eigenvalue weighted by atomic mass is 35.5. The lowest BCUT2D eigenvalue weighted by molar-refractivity contribution is -0.387. The van der Waals surface area contributed by atoms with E-state index >= 15 is 0 Å². The SMILES string of the molecule is O=[N+]([O-])c1cc(Cl)ccc1S(=O)(=O)CCCCl. The van der Waals surface area contributed by atoms with Gasteiger partial charge >= 0.3 is 0 Å². The molecule has 0 aliphatic heterocycles. The Bertz CT molecular complexity index is 530. The van der Waals surface area contributed by atoms with Crippen molar-refractivity contribution in [3.05, 3.63) is 33.3 Å². The molecule has 0 saturated heterocycles. The first kappa shape index (κ1) is 14.2. The fourth-order valence-corrected chi connectivity index (χ4v) is 3.18. The van der Waals surface area contributed by atoms with E-state index in [0.717, 1.165) is 12.1 Å². The van der Waals surface area contributed by atoms with Gasteiger partial charge in [0.2, 0.25) is 0 Å². The van der Waals surface area contributed by atoms with Crippen molar-refractivity contribution in [1.82, 2.24) is 0 Å². The molecule has 1 aromatic carbocycles. The molecule has 5 nitrogen and oxygen atoms in total. The first-order valence-electron chi connectivity index (χ1n) is 4.61. The summed E-state index contributed by atoms with van der Waals surface area (Å²) in [6.07, 6.45) is 0.240. The second-order valence-electron chi connectivity index (χ2n) is 3.23. The lowest BCUT2D eigenvalue weighted by atomic mass is 10.3. The van der Waals surface area contributed by atoms with Gasteiger partial charge in [0.25, 0.3) is 5.69 Å². The van der Waals surface area contributed by atoms with Crippen molar-refractivity contribution in [2.45, 2.75) is 11.3 Å². The van der Waals surface area contributed by atoms with Gasteiger partial charge in [-0.1, -0.05) is 11.6 Å². The Labute approximate surface area is 108 Å². The summed E-state index contributed by atoms with van der Waals surface area (Å²) >= 11 is 11.0. The number of benzene rings is 1. The van der Waals surface area contributed by atoms with Crippen LogP contribution in [0.15, 0.2) is 23.1 Å². The van der Waals surface area contributed by atoms with Crippen molar-refractivity contribution in [3.8, 4) is 0 Å². The van der Waals surface area contributed by atoms with Gasteiger partial charge in [0.1, 0.15) is 4.90 Å². The van der Waals surface area contributed by atoms with Crippen molar-refractivity contribution in [1.29, 1.82) is 0 Å². The minimum absolute atomic E-state index is 0.119. The van der Waals surface area contributed by atoms with Crippen LogP contribution in [-0.2, 0) is 9.84 Å². The summed E-state index contributed by atoms with van der Waals surface area (Å²) in [4.78, 5) is 9.66. The van der Waals surface area contributed by atoms with Gasteiger partial charge < -0.3 is 0 Å². The zero-order valence-corrected chi connectivity index (χ0v) is 10.9. The summed E-state index contributed by atoms with van der Waals surface area (Å²) in [5.74, 6) is -0.0421. The third-order valence-corrected chi connectivity index (χ3v) is 4.34. The van der Waals surface area contributed by atoms with Crippen LogP contribution >= 0.6 is 23.2 Å². The number of nitro benzene ring substituents is 1. The smallest absolute Gasteiger partial charge is 0.258 e. The normalized spacial score (nSPS) is 11.4. The lowest BCUT2D eigenvalue weighted by Gasteiger charge is -2.04. The zero-order chi connectivity index (χ0) is 13.1. The zero-order valence-electron chi connectivity index (χ0n) is 8.60. The summed E-state index contributed by atoms with van der Waals surface area (Å²) in [6, 6.07) is 3.47. The van der Waals surface area contributed by atoms with Gasteiger partial charge in [0.15, 0.2) is 9.84 Å². The molecule has 0 aliphatic carbocycles. The van der Waals surface area contributed by atoms with E-state index in [0.29, 0.717) is 0 Å². The molecule has 0 radical (unpaired) electrons. The molecule has 0 amide bonds. The Balaban J connectivity index is 3.26. The Morgan fingerprint density at radius 3 is 2.53 bits per heavy atom. The Hall–Kier alpha value is -0.850. The third kappa shape index (κ3) is 3.55. The van der Waals surface area contributed by atoms with Crippen LogP contribution in [-0.4, -0.2) is 25.0 Å². The molecular formula is C9H9Cl2NO4S. The van der Waals surface area contributed by atoms with Crippen LogP contribution in [0.3, 0.4) is 0 Å². The van der Waals surface area contributed by atoms with Gasteiger partial charge in [0.05, 0.1) is 10.7 Å². The average Bonchev–Trinajstić information content (AvgIpc) is 2.26. The van der Waals surface area contributed by atoms with E-state index in [1.54, 1.807) is 0 Å². The number of hydrogen-bond donors (Lipinski definition) is 0. The van der Waals surface area contributed by atoms with Crippen LogP contribution in [0.1, 0.15) is 6.42 Å². The van der Waals surface area contributed by atoms with Gasteiger partial charge in [-0.3, -0.25) is 10.1 Å². The van der Waals surface area contributed by atoms with Crippen LogP contribution < -0.4 is 0 Å². The minimum atomic E-state index is -3.70. The predicted molar refractivity (Wildman–Crippen MR) is 65.5 cm³/mol. The number of rotatable bonds is 5. The van der Waals surface area contributed by atoms with E-state index in [2.05, 4.69) is 0 Å². The molecule has 1 rings (SSSR count). The van der Waals surface area contributed by atoms with Crippen molar-refractivity contribution in [3.63, 3.8) is 0 Å². The highest BCUT2D eigenvalue weighted by Gasteiger charge is 2.25. The molecule has 0 atom stereocenters. The van der Waals surface area contributed by atoms with Gasteiger partial charge in [-0.05, 0) is 18.6 Å². The minimum Gasteiger partial charge on any atom is -0.258 e. The first-order chi connectivity index (χ1) is 7.88. The fourth-order valence-electron chi connectivity index (χ4n) is 1.25. The molecule has 0 aliphatic rings. The third-order valence-electron chi connectivity index (χ3n) is 2.00. The monoisotopic (exact) mass is 297 g/mol. The lowest BCUT2D eigenvalue weighted by Crippen LogP contribution is -2.09. The molecular weight excluding hydrogens is 289 g/mol. The second-order valence-corrected chi connectivity index (χ2v) is 6.12. The quantitative estimate of drug-likeness (QED) is 0.475. The molecule has 0 saturated carbocycles. The van der Waals surface area contributed by atoms with Crippen molar-refractivity contribution < 1.29 is 13.3 Å². The van der Waals surface area contributed by atoms with Gasteiger partial charge in [-0.2, -0.15) is 0 Å². The standard InChI is InChI=1S/C9H9Cl2NO4S/c10-4-1-5-17(15,16)9-3-2-7(11)6-8(9)12(13)14/h2-3,6H,1,4-5H2. The highest BCUT2D eigenvalue weighted by Crippen LogP contribution is 2.28. The maximum Gasteiger partial charge on any atom is 0.289 e. The molecule has 0 fully saturated rings. The van der Waals surface area contributed by atoms with E-state index in [4.69, 9.17) is 23.2 Å². The van der Waals surface area contributed by atoms with Crippen LogP contribution in [0.2, 0.25) is 5.02 Å². The molecule has 17 heavy (non-hydrogen) atoms. The van der Waals surface area contributed by atoms with Gasteiger partial charge in [-0.15, -0.1) is 11.6 Å². The summed E-state index contributed by atoms with van der Waals surface area (Å²) in [7, 11) is -3.70. The summed E-state index contributed by atoms with van der Waals surface area (Å²) in [5, 5.41) is 10.9. The molecule has 94 valence electrons. The van der Waals surface area contributed by atoms with Crippen LogP contribution in [0.4, 0.5) is 5.69 Å². The molecule has 8 heteroatoms. The number of sulfone groups is 1. The van der Waals surface area contributed by atoms with Crippen LogP contribution in [0.25, 0.3) is 0 Å². The van der Waals surface area contributed by atoms with Gasteiger partial charge in [-0.25, -0.2) is 8.42 Å². The number of halogens is 2. The van der Waals surface area contributed by atoms with Crippen molar-refractivity contribution in [2.24, 2.45) is 0 Å². The van der Waals surface area contributed by atoms with Gasteiger partial charge in [0, 0.05) is 17.0 Å². The van der Waals surface area contributed by atoms with E-state index in [1.165, 1.54) is 6.07 Å². The molecule has 1 aromatic rings. The number of hydrogen-bond acceptors (Lipinski definition) is 4. The van der Waals surface area contributed by atoms with E-state index in [9.17, 15) is 18.5 Å². The Morgan fingerprint density at radius 2 is 2.00 bits per heavy atom. The number of nitro groups is 1. The molecule has 0 spiro atoms. The molecule has 0 N–H and O–H groups in total. The van der Waals surface area contributed by atoms with Crippen LogP contribution in [0, 0.1) is 10.1 Å². The Morgan fingerprint density at radius 1 is 1.35 bits per heavy atom. The van der Waals surface area contributed by atoms with E-state index in [-0.39, 0.29) is 28.0 Å². The maximum absolute atomic E-state index is 11.8. The summed E-state index contributed by atoms with van der Waals surface area (Å²) < 4.78 is 23.6. The fraction of sp³-hybridized carbons (Fsp3) is 0.333. The topological polar surface area (TPSA) is 77.3 Å². The second kappa shape index (κ2) is 5.66. The van der Waals surface area contributed by atoms with E-state index in [1.807, 2.05) is 0 Å². The predicted octanol–water partition coefficient (Wildman–Crippen LogP) is 2.65. The summed E-state index contributed by atoms with van der Waals surface area (Å²) in [6.45, 7) is 0. The largest absolute Gasteiger partial charge is 0.289 e. The summed E-state index contributed by atoms with van der Waals surface area (Å²) in [5.41, 5.74) is -0.507. The van der Waals surface area contributed by atoms with Crippen LogP contribution in [0.5, 0.6) is 0 Å². The van der Waals surface area contributed by atoms with E-state index < -0.39 is 20.4 Å². The molecule has 0 aromatic heterocycles. The highest BCUT2D eigenvalue weighted by molar-refractivity contribution is 7.91. The Kier molecular flexibility index (Phi) is 4.73. The molecule has 0 bridgehead atoms. The number of alkyl halides is 1. The molecule has 0 heterocycles. The van der Waals surface area contributed by atoms with Crippen molar-refractivity contribution >= 4 is 38.7 Å². The molecule has 0 unspecified atom stereocenters. The van der Waals surface area contributed by atoms with Crippen molar-refractivity contribution in [2.75, 3.05) is 11.6 Å².